The molecule has 0 unspecified atom stereocenters. The maximum Gasteiger partial charge on any atom is 0.366 e. The van der Waals surface area contributed by atoms with E-state index < -0.39 is 21.9 Å². The maximum atomic E-state index is 10.5. The Kier molecular flexibility index (Phi) is 5.40. The van der Waals surface area contributed by atoms with Crippen LogP contribution in [0, 0.1) is 0 Å². The van der Waals surface area contributed by atoms with E-state index in [2.05, 4.69) is 9.16 Å². The van der Waals surface area contributed by atoms with E-state index in [0.29, 0.717) is 0 Å². The summed E-state index contributed by atoms with van der Waals surface area (Å²) < 4.78 is 8.57. The molecule has 0 rings (SSSR count). The van der Waals surface area contributed by atoms with Gasteiger partial charge in [-0.05, 0) is 0 Å². The zero-order chi connectivity index (χ0) is 8.69. The minimum absolute atomic E-state index is 0.00370. The summed E-state index contributed by atoms with van der Waals surface area (Å²) in [6, 6.07) is 0. The highest BCUT2D eigenvalue weighted by Crippen LogP contribution is 1.93. The number of rotatable bonds is 4. The van der Waals surface area contributed by atoms with Gasteiger partial charge in [0.05, 0.1) is 20.0 Å². The first-order valence-corrected chi connectivity index (χ1v) is 4.25. The number of hydrogen-bond donors (Lipinski definition) is 1. The average Bonchev–Trinajstić information content (AvgIpc) is 2.01. The van der Waals surface area contributed by atoms with Crippen LogP contribution in [0.25, 0.3) is 0 Å². The normalized spacial score (nSPS) is 10.0. The summed E-state index contributed by atoms with van der Waals surface area (Å²) in [4.78, 5) is 29.2. The molecule has 0 saturated carbocycles. The minimum Gasteiger partial charge on any atom is -0.499 e. The Bertz CT molecular complexity index is 146. The predicted octanol–water partition coefficient (Wildman–Crippen LogP) is -1.53. The second-order valence-electron chi connectivity index (χ2n) is 1.72. The topological polar surface area (TPSA) is 72.8 Å². The Morgan fingerprint density at radius 1 is 1.36 bits per heavy atom. The van der Waals surface area contributed by atoms with Crippen LogP contribution in [0.15, 0.2) is 0 Å². The van der Waals surface area contributed by atoms with Gasteiger partial charge < -0.3 is 14.0 Å². The van der Waals surface area contributed by atoms with Crippen LogP contribution in [0.4, 0.5) is 0 Å². The molecule has 0 aromatic heterocycles. The summed E-state index contributed by atoms with van der Waals surface area (Å²) in [5, 5.41) is 0. The van der Waals surface area contributed by atoms with Crippen molar-refractivity contribution in [2.75, 3.05) is 7.11 Å². The van der Waals surface area contributed by atoms with Crippen molar-refractivity contribution >= 4 is 21.9 Å². The molecule has 64 valence electrons. The van der Waals surface area contributed by atoms with Gasteiger partial charge in [0.1, 0.15) is 0 Å². The Morgan fingerprint density at radius 2 is 1.91 bits per heavy atom. The zero-order valence-corrected chi connectivity index (χ0v) is 7.62. The second kappa shape index (κ2) is 5.87. The zero-order valence-electron chi connectivity index (χ0n) is 6.20. The third-order valence-electron chi connectivity index (χ3n) is 0.986. The number of carbonyl (C=O) groups is 2. The first kappa shape index (κ1) is 10.1. The summed E-state index contributed by atoms with van der Waals surface area (Å²) in [6.07, 6.45) is -0.0238. The van der Waals surface area contributed by atoms with Crippen molar-refractivity contribution < 1.29 is 23.5 Å². The summed E-state index contributed by atoms with van der Waals surface area (Å²) >= 11 is 0. The molecule has 0 amide bonds. The standard InChI is InChI=1S/C5H10O5Si/c1-9-4(6)2-3-5(7)10-11-8/h8H,2-3,11H2,1H3. The van der Waals surface area contributed by atoms with Crippen LogP contribution in [-0.4, -0.2) is 33.9 Å². The van der Waals surface area contributed by atoms with Gasteiger partial charge in [-0.25, -0.2) is 0 Å². The molecule has 0 saturated heterocycles. The third kappa shape index (κ3) is 5.56. The molecule has 0 spiro atoms. The number of hydrogen-bond acceptors (Lipinski definition) is 5. The summed E-state index contributed by atoms with van der Waals surface area (Å²) in [6.45, 7) is 0. The largest absolute Gasteiger partial charge is 0.499 e. The molecule has 1 N–H and O–H groups in total. The Morgan fingerprint density at radius 3 is 2.36 bits per heavy atom. The van der Waals surface area contributed by atoms with Gasteiger partial charge in [-0.15, -0.1) is 0 Å². The summed E-state index contributed by atoms with van der Waals surface area (Å²) in [5.74, 6) is -1.01. The molecule has 0 aliphatic heterocycles. The molecule has 0 fully saturated rings. The van der Waals surface area contributed by atoms with E-state index in [-0.39, 0.29) is 12.8 Å². The first-order valence-electron chi connectivity index (χ1n) is 3.04. The SMILES string of the molecule is COC(=O)CCC(=O)O[SiH2]O. The molecule has 0 radical (unpaired) electrons. The van der Waals surface area contributed by atoms with Gasteiger partial charge in [-0.3, -0.25) is 9.59 Å². The molecule has 0 aromatic carbocycles. The lowest BCUT2D eigenvalue weighted by molar-refractivity contribution is -0.144. The lowest BCUT2D eigenvalue weighted by Crippen LogP contribution is -2.10. The number of ether oxygens (including phenoxy) is 1. The van der Waals surface area contributed by atoms with Gasteiger partial charge in [0, 0.05) is 0 Å². The van der Waals surface area contributed by atoms with Crippen LogP contribution >= 0.6 is 0 Å². The number of carbonyl (C=O) groups excluding carboxylic acids is 2. The number of methoxy groups -OCH3 is 1. The number of esters is 1. The van der Waals surface area contributed by atoms with E-state index in [1.54, 1.807) is 0 Å². The second-order valence-corrected chi connectivity index (χ2v) is 2.27. The predicted molar refractivity (Wildman–Crippen MR) is 38.1 cm³/mol. The molecular formula is C5H10O5Si. The van der Waals surface area contributed by atoms with Crippen LogP contribution in [0.5, 0.6) is 0 Å². The van der Waals surface area contributed by atoms with Gasteiger partial charge in [0.25, 0.3) is 5.97 Å². The van der Waals surface area contributed by atoms with Gasteiger partial charge in [0.15, 0.2) is 0 Å². The molecule has 0 aliphatic rings. The van der Waals surface area contributed by atoms with E-state index in [9.17, 15) is 9.59 Å². The van der Waals surface area contributed by atoms with Crippen molar-refractivity contribution in [2.24, 2.45) is 0 Å². The van der Waals surface area contributed by atoms with Crippen molar-refractivity contribution in [3.8, 4) is 0 Å². The van der Waals surface area contributed by atoms with E-state index in [0.717, 1.165) is 0 Å². The van der Waals surface area contributed by atoms with Crippen molar-refractivity contribution in [1.29, 1.82) is 0 Å². The van der Waals surface area contributed by atoms with Crippen LogP contribution in [-0.2, 0) is 18.8 Å². The van der Waals surface area contributed by atoms with Crippen LogP contribution in [0.1, 0.15) is 12.8 Å². The van der Waals surface area contributed by atoms with E-state index in [1.165, 1.54) is 7.11 Å². The Hall–Kier alpha value is -0.883. The molecule has 0 aliphatic carbocycles. The monoisotopic (exact) mass is 178 g/mol. The highest BCUT2D eigenvalue weighted by molar-refractivity contribution is 6.20. The van der Waals surface area contributed by atoms with Crippen molar-refractivity contribution in [3.05, 3.63) is 0 Å². The lowest BCUT2D eigenvalue weighted by Gasteiger charge is -1.99. The van der Waals surface area contributed by atoms with E-state index >= 15 is 0 Å². The van der Waals surface area contributed by atoms with Crippen LogP contribution in [0.3, 0.4) is 0 Å². The summed E-state index contributed by atoms with van der Waals surface area (Å²) in [5.41, 5.74) is 0. The summed E-state index contributed by atoms with van der Waals surface area (Å²) in [7, 11) is -0.442. The van der Waals surface area contributed by atoms with Gasteiger partial charge in [-0.2, -0.15) is 0 Å². The van der Waals surface area contributed by atoms with Crippen LogP contribution in [0.2, 0.25) is 0 Å². The molecular weight excluding hydrogens is 168 g/mol. The molecule has 6 heteroatoms. The quantitative estimate of drug-likeness (QED) is 0.418. The lowest BCUT2D eigenvalue weighted by atomic mass is 10.3. The van der Waals surface area contributed by atoms with Crippen molar-refractivity contribution in [2.45, 2.75) is 12.8 Å². The Balaban J connectivity index is 3.38. The van der Waals surface area contributed by atoms with Crippen molar-refractivity contribution in [1.82, 2.24) is 0 Å². The van der Waals surface area contributed by atoms with E-state index in [4.69, 9.17) is 4.80 Å². The highest BCUT2D eigenvalue weighted by atomic mass is 28.2. The third-order valence-corrected chi connectivity index (χ3v) is 1.44. The highest BCUT2D eigenvalue weighted by Gasteiger charge is 2.06. The molecule has 0 aromatic rings. The Labute approximate surface area is 66.4 Å². The fourth-order valence-electron chi connectivity index (χ4n) is 0.450. The first-order chi connectivity index (χ1) is 5.20. The minimum atomic E-state index is -1.69. The average molecular weight is 178 g/mol. The molecule has 0 heterocycles. The van der Waals surface area contributed by atoms with Gasteiger partial charge in [0.2, 0.25) is 0 Å². The molecule has 0 bridgehead atoms. The molecule has 11 heavy (non-hydrogen) atoms. The molecule has 5 nitrogen and oxygen atoms in total. The van der Waals surface area contributed by atoms with Gasteiger partial charge >= 0.3 is 16.0 Å². The fraction of sp³-hybridized carbons (Fsp3) is 0.600. The maximum absolute atomic E-state index is 10.5. The van der Waals surface area contributed by atoms with Gasteiger partial charge in [-0.1, -0.05) is 0 Å². The fourth-order valence-corrected chi connectivity index (χ4v) is 0.739. The molecule has 0 atom stereocenters. The van der Waals surface area contributed by atoms with E-state index in [1.807, 2.05) is 0 Å². The van der Waals surface area contributed by atoms with Crippen molar-refractivity contribution in [3.63, 3.8) is 0 Å². The smallest absolute Gasteiger partial charge is 0.366 e. The van der Waals surface area contributed by atoms with Crippen LogP contribution < -0.4 is 0 Å².